The number of amides is 3. The molecular formula is C16H18N4O2. The number of pyridine rings is 1. The van der Waals surface area contributed by atoms with E-state index in [1.165, 1.54) is 0 Å². The van der Waals surface area contributed by atoms with Crippen LogP contribution >= 0.6 is 0 Å². The Labute approximate surface area is 128 Å². The fourth-order valence-electron chi connectivity index (χ4n) is 2.60. The molecule has 2 aromatic rings. The number of hydrogen-bond acceptors (Lipinski definition) is 3. The molecule has 1 saturated heterocycles. The van der Waals surface area contributed by atoms with Gasteiger partial charge in [-0.2, -0.15) is 0 Å². The lowest BCUT2D eigenvalue weighted by molar-refractivity contribution is -0.120. The van der Waals surface area contributed by atoms with Crippen LogP contribution in [0, 0.1) is 0 Å². The Hall–Kier alpha value is -2.63. The van der Waals surface area contributed by atoms with E-state index in [1.807, 2.05) is 37.3 Å². The highest BCUT2D eigenvalue weighted by molar-refractivity contribution is 5.99. The molecule has 0 radical (unpaired) electrons. The number of anilines is 1. The van der Waals surface area contributed by atoms with Gasteiger partial charge in [-0.25, -0.2) is 4.79 Å². The zero-order valence-corrected chi connectivity index (χ0v) is 12.4. The highest BCUT2D eigenvalue weighted by atomic mass is 16.2. The first kappa shape index (κ1) is 14.3. The van der Waals surface area contributed by atoms with Crippen molar-refractivity contribution in [2.75, 3.05) is 18.4 Å². The highest BCUT2D eigenvalue weighted by Crippen LogP contribution is 2.21. The molecule has 1 aliphatic heterocycles. The van der Waals surface area contributed by atoms with Crippen molar-refractivity contribution < 1.29 is 9.59 Å². The molecule has 22 heavy (non-hydrogen) atoms. The van der Waals surface area contributed by atoms with Gasteiger partial charge in [-0.1, -0.05) is 18.2 Å². The molecular weight excluding hydrogens is 280 g/mol. The molecule has 0 bridgehead atoms. The number of rotatable bonds is 1. The number of hydrogen-bond donors (Lipinski definition) is 2. The predicted molar refractivity (Wildman–Crippen MR) is 84.6 cm³/mol. The van der Waals surface area contributed by atoms with E-state index in [4.69, 9.17) is 0 Å². The molecule has 6 heteroatoms. The molecule has 2 N–H and O–H groups in total. The van der Waals surface area contributed by atoms with Crippen LogP contribution in [0.3, 0.4) is 0 Å². The van der Waals surface area contributed by atoms with Crippen molar-refractivity contribution in [1.82, 2.24) is 15.2 Å². The molecule has 0 unspecified atom stereocenters. The molecule has 1 atom stereocenters. The maximum Gasteiger partial charge on any atom is 0.322 e. The van der Waals surface area contributed by atoms with Gasteiger partial charge in [0.15, 0.2) is 0 Å². The second-order valence-electron chi connectivity index (χ2n) is 5.41. The summed E-state index contributed by atoms with van der Waals surface area (Å²) in [6.45, 7) is 2.81. The number of nitrogens with one attached hydrogen (secondary N) is 2. The number of benzene rings is 1. The summed E-state index contributed by atoms with van der Waals surface area (Å²) in [7, 11) is 0. The molecule has 1 fully saturated rings. The lowest BCUT2D eigenvalue weighted by Gasteiger charge is -2.26. The summed E-state index contributed by atoms with van der Waals surface area (Å²) >= 11 is 0. The Morgan fingerprint density at radius 1 is 1.36 bits per heavy atom. The van der Waals surface area contributed by atoms with Crippen LogP contribution in [0.25, 0.3) is 10.9 Å². The number of carbonyl (C=O) groups is 2. The number of aromatic nitrogens is 1. The molecule has 114 valence electrons. The topological polar surface area (TPSA) is 74.3 Å². The van der Waals surface area contributed by atoms with Gasteiger partial charge in [-0.3, -0.25) is 9.78 Å². The van der Waals surface area contributed by atoms with Crippen LogP contribution in [0.2, 0.25) is 0 Å². The quantitative estimate of drug-likeness (QED) is 0.845. The van der Waals surface area contributed by atoms with Crippen LogP contribution in [-0.2, 0) is 4.79 Å². The minimum atomic E-state index is -0.206. The second kappa shape index (κ2) is 6.01. The van der Waals surface area contributed by atoms with Gasteiger partial charge in [0.25, 0.3) is 0 Å². The van der Waals surface area contributed by atoms with E-state index in [0.29, 0.717) is 25.2 Å². The Balaban J connectivity index is 1.82. The molecule has 2 heterocycles. The molecule has 0 spiro atoms. The molecule has 6 nitrogen and oxygen atoms in total. The van der Waals surface area contributed by atoms with Gasteiger partial charge in [0.2, 0.25) is 5.91 Å². The third-order valence-electron chi connectivity index (χ3n) is 3.84. The highest BCUT2D eigenvalue weighted by Gasteiger charge is 2.24. The SMILES string of the molecule is C[C@@H]1CNC(=O)CCN1C(=O)Nc1cccc2cccnc12. The monoisotopic (exact) mass is 298 g/mol. The summed E-state index contributed by atoms with van der Waals surface area (Å²) in [5.74, 6) is -0.0195. The lowest BCUT2D eigenvalue weighted by atomic mass is 10.2. The number of fused-ring (bicyclic) bond motifs is 1. The van der Waals surface area contributed by atoms with Gasteiger partial charge in [0.1, 0.15) is 0 Å². The molecule has 0 saturated carbocycles. The summed E-state index contributed by atoms with van der Waals surface area (Å²) in [4.78, 5) is 30.0. The number of urea groups is 1. The van der Waals surface area contributed by atoms with E-state index in [1.54, 1.807) is 11.1 Å². The third-order valence-corrected chi connectivity index (χ3v) is 3.84. The summed E-state index contributed by atoms with van der Waals surface area (Å²) < 4.78 is 0. The number of para-hydroxylation sites is 1. The molecule has 1 aromatic heterocycles. The first-order valence-electron chi connectivity index (χ1n) is 7.33. The normalized spacial score (nSPS) is 18.7. The third kappa shape index (κ3) is 2.86. The lowest BCUT2D eigenvalue weighted by Crippen LogP contribution is -2.44. The van der Waals surface area contributed by atoms with E-state index in [-0.39, 0.29) is 18.0 Å². The maximum absolute atomic E-state index is 12.5. The van der Waals surface area contributed by atoms with Gasteiger partial charge >= 0.3 is 6.03 Å². The zero-order valence-electron chi connectivity index (χ0n) is 12.4. The Morgan fingerprint density at radius 3 is 3.05 bits per heavy atom. The summed E-state index contributed by atoms with van der Waals surface area (Å²) in [5.41, 5.74) is 1.44. The van der Waals surface area contributed by atoms with E-state index < -0.39 is 0 Å². The van der Waals surface area contributed by atoms with E-state index in [0.717, 1.165) is 10.9 Å². The summed E-state index contributed by atoms with van der Waals surface area (Å²) in [6.07, 6.45) is 2.03. The molecule has 3 rings (SSSR count). The average molecular weight is 298 g/mol. The van der Waals surface area contributed by atoms with Crippen molar-refractivity contribution in [3.63, 3.8) is 0 Å². The number of carbonyl (C=O) groups excluding carboxylic acids is 2. The van der Waals surface area contributed by atoms with Gasteiger partial charge in [0.05, 0.1) is 11.2 Å². The van der Waals surface area contributed by atoms with Gasteiger partial charge < -0.3 is 15.5 Å². The van der Waals surface area contributed by atoms with Crippen molar-refractivity contribution in [3.05, 3.63) is 36.5 Å². The van der Waals surface area contributed by atoms with Crippen LogP contribution in [-0.4, -0.2) is 41.0 Å². The summed E-state index contributed by atoms with van der Waals surface area (Å²) in [5, 5.41) is 6.69. The van der Waals surface area contributed by atoms with E-state index >= 15 is 0 Å². The van der Waals surface area contributed by atoms with Crippen molar-refractivity contribution in [2.24, 2.45) is 0 Å². The smallest absolute Gasteiger partial charge is 0.322 e. The largest absolute Gasteiger partial charge is 0.354 e. The molecule has 1 aliphatic rings. The zero-order chi connectivity index (χ0) is 15.5. The number of nitrogens with zero attached hydrogens (tertiary/aromatic N) is 2. The van der Waals surface area contributed by atoms with E-state index in [9.17, 15) is 9.59 Å². The fourth-order valence-corrected chi connectivity index (χ4v) is 2.60. The van der Waals surface area contributed by atoms with Crippen LogP contribution in [0.5, 0.6) is 0 Å². The minimum Gasteiger partial charge on any atom is -0.354 e. The average Bonchev–Trinajstić information content (AvgIpc) is 2.69. The molecule has 3 amide bonds. The Kier molecular flexibility index (Phi) is 3.91. The Bertz CT molecular complexity index is 711. The fraction of sp³-hybridized carbons (Fsp3) is 0.312. The second-order valence-corrected chi connectivity index (χ2v) is 5.41. The standard InChI is InChI=1S/C16H18N4O2/c1-11-10-18-14(21)7-9-20(11)16(22)19-13-6-2-4-12-5-3-8-17-15(12)13/h2-6,8,11H,7,9-10H2,1H3,(H,18,21)(H,19,22)/t11-/m1/s1. The summed E-state index contributed by atoms with van der Waals surface area (Å²) in [6, 6.07) is 9.23. The predicted octanol–water partition coefficient (Wildman–Crippen LogP) is 1.98. The van der Waals surface area contributed by atoms with Crippen LogP contribution in [0.1, 0.15) is 13.3 Å². The Morgan fingerprint density at radius 2 is 2.18 bits per heavy atom. The van der Waals surface area contributed by atoms with Crippen molar-refractivity contribution >= 4 is 28.5 Å². The van der Waals surface area contributed by atoms with Crippen LogP contribution in [0.4, 0.5) is 10.5 Å². The minimum absolute atomic E-state index is 0.0195. The first-order chi connectivity index (χ1) is 10.6. The van der Waals surface area contributed by atoms with Gasteiger partial charge in [0, 0.05) is 37.1 Å². The van der Waals surface area contributed by atoms with Crippen molar-refractivity contribution in [2.45, 2.75) is 19.4 Å². The van der Waals surface area contributed by atoms with Crippen molar-refractivity contribution in [3.8, 4) is 0 Å². The first-order valence-corrected chi connectivity index (χ1v) is 7.33. The van der Waals surface area contributed by atoms with Gasteiger partial charge in [-0.15, -0.1) is 0 Å². The van der Waals surface area contributed by atoms with E-state index in [2.05, 4.69) is 15.6 Å². The molecule has 0 aliphatic carbocycles. The van der Waals surface area contributed by atoms with Crippen molar-refractivity contribution in [1.29, 1.82) is 0 Å². The maximum atomic E-state index is 12.5. The molecule has 1 aromatic carbocycles. The van der Waals surface area contributed by atoms with Gasteiger partial charge in [-0.05, 0) is 19.1 Å². The van der Waals surface area contributed by atoms with Crippen LogP contribution in [0.15, 0.2) is 36.5 Å². The van der Waals surface area contributed by atoms with Crippen LogP contribution < -0.4 is 10.6 Å².